The second kappa shape index (κ2) is 11.7. The van der Waals surface area contributed by atoms with Gasteiger partial charge in [0.05, 0.1) is 20.8 Å². The first-order valence-electron chi connectivity index (χ1n) is 9.65. The zero-order valence-electron chi connectivity index (χ0n) is 17.9. The van der Waals surface area contributed by atoms with Crippen LogP contribution in [-0.4, -0.2) is 57.3 Å². The van der Waals surface area contributed by atoms with Crippen molar-refractivity contribution in [3.8, 4) is 23.0 Å². The van der Waals surface area contributed by atoms with Gasteiger partial charge >= 0.3 is 0 Å². The summed E-state index contributed by atoms with van der Waals surface area (Å²) in [6, 6.07) is 10.4. The molecule has 160 valence electrons. The number of phenols is 1. The highest BCUT2D eigenvalue weighted by molar-refractivity contribution is 6.04. The minimum absolute atomic E-state index is 0.0555. The number of allylic oxidation sites excluding steroid dienone is 2. The van der Waals surface area contributed by atoms with Crippen molar-refractivity contribution in [2.24, 2.45) is 0 Å². The van der Waals surface area contributed by atoms with Crippen LogP contribution in [0.4, 0.5) is 0 Å². The predicted molar refractivity (Wildman–Crippen MR) is 119 cm³/mol. The van der Waals surface area contributed by atoms with Crippen LogP contribution in [0, 0.1) is 0 Å². The number of methoxy groups -OCH3 is 2. The Morgan fingerprint density at radius 3 is 2.13 bits per heavy atom. The van der Waals surface area contributed by atoms with Crippen molar-refractivity contribution in [1.82, 2.24) is 4.90 Å². The van der Waals surface area contributed by atoms with Crippen molar-refractivity contribution < 1.29 is 24.1 Å². The number of nitrogens with zero attached hydrogens (tertiary/aromatic N) is 1. The zero-order valence-corrected chi connectivity index (χ0v) is 17.9. The van der Waals surface area contributed by atoms with Crippen molar-refractivity contribution in [1.29, 1.82) is 0 Å². The first kappa shape index (κ1) is 23.0. The summed E-state index contributed by atoms with van der Waals surface area (Å²) in [5, 5.41) is 9.62. The van der Waals surface area contributed by atoms with Crippen LogP contribution in [0.25, 0.3) is 12.2 Å². The lowest BCUT2D eigenvalue weighted by atomic mass is 10.1. The molecule has 0 bridgehead atoms. The monoisotopic (exact) mass is 411 g/mol. The van der Waals surface area contributed by atoms with E-state index in [2.05, 4.69) is 4.90 Å². The molecule has 0 fully saturated rings. The minimum atomic E-state index is -0.162. The predicted octanol–water partition coefficient (Wildman–Crippen LogP) is 4.04. The van der Waals surface area contributed by atoms with Crippen LogP contribution in [0.5, 0.6) is 23.0 Å². The molecule has 0 aliphatic carbocycles. The van der Waals surface area contributed by atoms with Gasteiger partial charge in [0.15, 0.2) is 28.8 Å². The van der Waals surface area contributed by atoms with E-state index in [-0.39, 0.29) is 11.5 Å². The first-order chi connectivity index (χ1) is 14.4. The molecule has 30 heavy (non-hydrogen) atoms. The number of benzene rings is 2. The summed E-state index contributed by atoms with van der Waals surface area (Å²) in [4.78, 5) is 14.3. The van der Waals surface area contributed by atoms with Crippen LogP contribution in [0.3, 0.4) is 0 Å². The molecule has 2 aromatic rings. The quantitative estimate of drug-likeness (QED) is 0.445. The Morgan fingerprint density at radius 2 is 1.53 bits per heavy atom. The Kier molecular flexibility index (Phi) is 8.97. The molecule has 0 heterocycles. The fourth-order valence-electron chi connectivity index (χ4n) is 2.68. The maximum atomic E-state index is 12.1. The molecule has 1 N–H and O–H groups in total. The fraction of sp³-hybridized carbons (Fsp3) is 0.292. The lowest BCUT2D eigenvalue weighted by Gasteiger charge is -2.13. The molecule has 0 saturated carbocycles. The van der Waals surface area contributed by atoms with E-state index in [9.17, 15) is 9.90 Å². The number of ketones is 1. The van der Waals surface area contributed by atoms with Crippen molar-refractivity contribution in [2.75, 3.05) is 41.5 Å². The van der Waals surface area contributed by atoms with Crippen molar-refractivity contribution >= 4 is 17.9 Å². The fourth-order valence-corrected chi connectivity index (χ4v) is 2.68. The molecular formula is C24H29NO5. The van der Waals surface area contributed by atoms with E-state index < -0.39 is 0 Å². The second-order valence-corrected chi connectivity index (χ2v) is 6.92. The minimum Gasteiger partial charge on any atom is -0.504 e. The Hall–Kier alpha value is -3.25. The van der Waals surface area contributed by atoms with Crippen LogP contribution >= 0.6 is 0 Å². The molecule has 0 amide bonds. The number of carbonyl (C=O) groups is 1. The standard InChI is InChI=1S/C24H29NO5/c1-25(2)14-5-15-30-22-13-9-19(17-24(22)29-4)7-11-20(26)10-6-18-8-12-21(27)23(16-18)28-3/h6-13,16-17,27H,5,14-15H2,1-4H3/b10-6+,11-7+. The molecule has 6 nitrogen and oxygen atoms in total. The van der Waals surface area contributed by atoms with Gasteiger partial charge in [0.25, 0.3) is 0 Å². The molecule has 0 aliphatic heterocycles. The van der Waals surface area contributed by atoms with Crippen LogP contribution in [0.2, 0.25) is 0 Å². The highest BCUT2D eigenvalue weighted by Gasteiger charge is 2.05. The number of ether oxygens (including phenoxy) is 3. The smallest absolute Gasteiger partial charge is 0.178 e. The van der Waals surface area contributed by atoms with Crippen LogP contribution in [0.15, 0.2) is 48.6 Å². The SMILES string of the molecule is COc1cc(/C=C/C(=O)/C=C/c2ccc(OCCCN(C)C)c(OC)c2)ccc1O. The third-order valence-corrected chi connectivity index (χ3v) is 4.28. The van der Waals surface area contributed by atoms with Gasteiger partial charge in [-0.15, -0.1) is 0 Å². The molecular weight excluding hydrogens is 382 g/mol. The average molecular weight is 411 g/mol. The third kappa shape index (κ3) is 7.29. The summed E-state index contributed by atoms with van der Waals surface area (Å²) < 4.78 is 16.3. The van der Waals surface area contributed by atoms with E-state index in [0.717, 1.165) is 24.1 Å². The van der Waals surface area contributed by atoms with Crippen molar-refractivity contribution in [2.45, 2.75) is 6.42 Å². The van der Waals surface area contributed by atoms with Crippen LogP contribution in [-0.2, 0) is 4.79 Å². The Balaban J connectivity index is 1.98. The first-order valence-corrected chi connectivity index (χ1v) is 9.65. The van der Waals surface area contributed by atoms with Gasteiger partial charge in [0, 0.05) is 6.54 Å². The van der Waals surface area contributed by atoms with Gasteiger partial charge in [-0.3, -0.25) is 4.79 Å². The molecule has 0 aromatic heterocycles. The van der Waals surface area contributed by atoms with Gasteiger partial charge in [0.1, 0.15) is 0 Å². The molecule has 2 aromatic carbocycles. The van der Waals surface area contributed by atoms with Gasteiger partial charge < -0.3 is 24.2 Å². The van der Waals surface area contributed by atoms with Crippen molar-refractivity contribution in [3.05, 3.63) is 59.7 Å². The number of carbonyl (C=O) groups excluding carboxylic acids is 1. The molecule has 0 aliphatic rings. The van der Waals surface area contributed by atoms with E-state index >= 15 is 0 Å². The third-order valence-electron chi connectivity index (χ3n) is 4.28. The number of aromatic hydroxyl groups is 1. The summed E-state index contributed by atoms with van der Waals surface area (Å²) in [6.45, 7) is 1.56. The van der Waals surface area contributed by atoms with E-state index in [4.69, 9.17) is 14.2 Å². The maximum absolute atomic E-state index is 12.1. The highest BCUT2D eigenvalue weighted by atomic mass is 16.5. The summed E-state index contributed by atoms with van der Waals surface area (Å²) in [6.07, 6.45) is 7.26. The molecule has 6 heteroatoms. The average Bonchev–Trinajstić information content (AvgIpc) is 2.74. The molecule has 0 atom stereocenters. The summed E-state index contributed by atoms with van der Waals surface area (Å²) in [7, 11) is 7.12. The number of rotatable bonds is 11. The zero-order chi connectivity index (χ0) is 21.9. The van der Waals surface area contributed by atoms with Gasteiger partial charge in [-0.2, -0.15) is 0 Å². The summed E-state index contributed by atoms with van der Waals surface area (Å²) >= 11 is 0. The second-order valence-electron chi connectivity index (χ2n) is 6.92. The van der Waals surface area contributed by atoms with Gasteiger partial charge in [0.2, 0.25) is 0 Å². The Morgan fingerprint density at radius 1 is 0.933 bits per heavy atom. The molecule has 0 radical (unpaired) electrons. The highest BCUT2D eigenvalue weighted by Crippen LogP contribution is 2.29. The molecule has 2 rings (SSSR count). The maximum Gasteiger partial charge on any atom is 0.178 e. The van der Waals surface area contributed by atoms with E-state index in [1.54, 1.807) is 31.4 Å². The van der Waals surface area contributed by atoms with Crippen molar-refractivity contribution in [3.63, 3.8) is 0 Å². The van der Waals surface area contributed by atoms with Gasteiger partial charge in [-0.05, 0) is 68.1 Å². The number of phenolic OH excluding ortho intramolecular Hbond substituents is 1. The van der Waals surface area contributed by atoms with E-state index in [1.807, 2.05) is 32.3 Å². The topological polar surface area (TPSA) is 68.2 Å². The van der Waals surface area contributed by atoms with Crippen LogP contribution < -0.4 is 14.2 Å². The Bertz CT molecular complexity index is 902. The largest absolute Gasteiger partial charge is 0.504 e. The normalized spacial score (nSPS) is 11.4. The van der Waals surface area contributed by atoms with Crippen LogP contribution in [0.1, 0.15) is 17.5 Å². The molecule has 0 saturated heterocycles. The molecule has 0 spiro atoms. The molecule has 0 unspecified atom stereocenters. The lowest BCUT2D eigenvalue weighted by molar-refractivity contribution is -0.110. The summed E-state index contributed by atoms with van der Waals surface area (Å²) in [5.41, 5.74) is 1.59. The number of hydrogen-bond donors (Lipinski definition) is 1. The number of hydrogen-bond acceptors (Lipinski definition) is 6. The van der Waals surface area contributed by atoms with Gasteiger partial charge in [-0.25, -0.2) is 0 Å². The summed E-state index contributed by atoms with van der Waals surface area (Å²) in [5.74, 6) is 1.56. The van der Waals surface area contributed by atoms with Gasteiger partial charge in [-0.1, -0.05) is 24.3 Å². The lowest BCUT2D eigenvalue weighted by Crippen LogP contribution is -2.15. The Labute approximate surface area is 178 Å². The van der Waals surface area contributed by atoms with E-state index in [0.29, 0.717) is 23.9 Å². The van der Waals surface area contributed by atoms with E-state index in [1.165, 1.54) is 25.3 Å².